The van der Waals surface area contributed by atoms with E-state index < -0.39 is 0 Å². The molecule has 0 aliphatic carbocycles. The van der Waals surface area contributed by atoms with Gasteiger partial charge in [0.05, 0.1) is 0 Å². The van der Waals surface area contributed by atoms with Gasteiger partial charge in [-0.25, -0.2) is 4.39 Å². The van der Waals surface area contributed by atoms with Crippen molar-refractivity contribution in [2.45, 2.75) is 12.8 Å². The number of carbonyl (C=O) groups excluding carboxylic acids is 2. The lowest BCUT2D eigenvalue weighted by atomic mass is 10.1. The van der Waals surface area contributed by atoms with Gasteiger partial charge in [-0.15, -0.1) is 0 Å². The Kier molecular flexibility index (Phi) is 4.19. The summed E-state index contributed by atoms with van der Waals surface area (Å²) in [4.78, 5) is 22.0. The first-order valence-corrected chi connectivity index (χ1v) is 5.14. The minimum atomic E-state index is -0.369. The number of benzene rings is 1. The third-order valence-corrected chi connectivity index (χ3v) is 2.25. The number of hydrogen-bond acceptors (Lipinski definition) is 2. The minimum Gasteiger partial charge on any atom is -0.294 e. The molecule has 1 aromatic carbocycles. The van der Waals surface area contributed by atoms with Crippen LogP contribution in [-0.2, 0) is 4.79 Å². The van der Waals surface area contributed by atoms with E-state index in [4.69, 9.17) is 0 Å². The molecular weight excluding hydrogens is 298 g/mol. The van der Waals surface area contributed by atoms with Crippen molar-refractivity contribution in [3.05, 3.63) is 35.6 Å². The van der Waals surface area contributed by atoms with E-state index in [1.807, 2.05) is 0 Å². The van der Waals surface area contributed by atoms with Crippen LogP contribution in [-0.4, -0.2) is 9.57 Å². The van der Waals surface area contributed by atoms with Crippen LogP contribution in [0.2, 0.25) is 0 Å². The first-order valence-electron chi connectivity index (χ1n) is 4.06. The van der Waals surface area contributed by atoms with Crippen molar-refractivity contribution in [1.29, 1.82) is 0 Å². The van der Waals surface area contributed by atoms with Crippen LogP contribution in [0.15, 0.2) is 24.3 Å². The van der Waals surface area contributed by atoms with Crippen LogP contribution in [0.1, 0.15) is 23.2 Å². The first-order chi connectivity index (χ1) is 6.59. The largest absolute Gasteiger partial charge is 0.294 e. The molecule has 0 aromatic heterocycles. The van der Waals surface area contributed by atoms with E-state index in [0.717, 1.165) is 0 Å². The molecular formula is C10H8FIO2. The molecule has 0 spiro atoms. The lowest BCUT2D eigenvalue weighted by molar-refractivity contribution is -0.109. The molecule has 0 fully saturated rings. The van der Waals surface area contributed by atoms with E-state index in [1.54, 1.807) is 22.6 Å². The lowest BCUT2D eigenvalue weighted by Crippen LogP contribution is -2.00. The lowest BCUT2D eigenvalue weighted by Gasteiger charge is -1.98. The van der Waals surface area contributed by atoms with E-state index in [0.29, 0.717) is 5.56 Å². The van der Waals surface area contributed by atoms with Crippen molar-refractivity contribution in [2.75, 3.05) is 0 Å². The van der Waals surface area contributed by atoms with Gasteiger partial charge in [0.1, 0.15) is 5.82 Å². The highest BCUT2D eigenvalue weighted by Crippen LogP contribution is 2.08. The SMILES string of the molecule is O=C(I)CCC(=O)c1ccc(F)cc1. The van der Waals surface area contributed by atoms with Crippen molar-refractivity contribution < 1.29 is 14.0 Å². The Morgan fingerprint density at radius 3 is 2.21 bits per heavy atom. The molecule has 1 aromatic rings. The summed E-state index contributed by atoms with van der Waals surface area (Å²) in [6.45, 7) is 0. The van der Waals surface area contributed by atoms with Gasteiger partial charge in [0, 0.05) is 18.4 Å². The third kappa shape index (κ3) is 3.53. The van der Waals surface area contributed by atoms with E-state index in [1.165, 1.54) is 24.3 Å². The molecule has 0 amide bonds. The summed E-state index contributed by atoms with van der Waals surface area (Å²) in [5.74, 6) is -0.499. The first kappa shape index (κ1) is 11.3. The molecule has 1 rings (SSSR count). The maximum Gasteiger partial charge on any atom is 0.192 e. The van der Waals surface area contributed by atoms with Crippen molar-refractivity contribution >= 4 is 32.2 Å². The Hall–Kier alpha value is -0.780. The monoisotopic (exact) mass is 306 g/mol. The quantitative estimate of drug-likeness (QED) is 0.487. The molecule has 0 aliphatic rings. The van der Waals surface area contributed by atoms with Crippen molar-refractivity contribution in [3.63, 3.8) is 0 Å². The van der Waals surface area contributed by atoms with E-state index >= 15 is 0 Å². The zero-order valence-corrected chi connectivity index (χ0v) is 9.45. The average molecular weight is 306 g/mol. The van der Waals surface area contributed by atoms with Gasteiger partial charge >= 0.3 is 0 Å². The van der Waals surface area contributed by atoms with Crippen LogP contribution in [0.3, 0.4) is 0 Å². The van der Waals surface area contributed by atoms with E-state index in [2.05, 4.69) is 0 Å². The highest BCUT2D eigenvalue weighted by Gasteiger charge is 2.07. The van der Waals surface area contributed by atoms with E-state index in [-0.39, 0.29) is 28.2 Å². The topological polar surface area (TPSA) is 34.1 Å². The Balaban J connectivity index is 2.61. The zero-order chi connectivity index (χ0) is 10.6. The summed E-state index contributed by atoms with van der Waals surface area (Å²) in [5, 5.41) is 0. The molecule has 0 atom stereocenters. The Bertz CT molecular complexity index is 346. The molecule has 0 aliphatic heterocycles. The predicted octanol–water partition coefficient (Wildman–Crippen LogP) is 2.75. The normalized spacial score (nSPS) is 9.86. The highest BCUT2D eigenvalue weighted by molar-refractivity contribution is 14.1. The molecule has 0 heterocycles. The predicted molar refractivity (Wildman–Crippen MR) is 59.0 cm³/mol. The van der Waals surface area contributed by atoms with Gasteiger partial charge in [0.25, 0.3) is 0 Å². The van der Waals surface area contributed by atoms with Crippen LogP contribution in [0.4, 0.5) is 4.39 Å². The maximum absolute atomic E-state index is 12.5. The number of ketones is 1. The van der Waals surface area contributed by atoms with Crippen molar-refractivity contribution in [3.8, 4) is 0 Å². The molecule has 4 heteroatoms. The van der Waals surface area contributed by atoms with E-state index in [9.17, 15) is 14.0 Å². The summed E-state index contributed by atoms with van der Waals surface area (Å²) in [6, 6.07) is 5.32. The molecule has 14 heavy (non-hydrogen) atoms. The summed E-state index contributed by atoms with van der Waals surface area (Å²) in [6.07, 6.45) is 0.421. The van der Waals surface area contributed by atoms with Crippen LogP contribution in [0.5, 0.6) is 0 Å². The standard InChI is InChI=1S/C10H8FIO2/c11-8-3-1-7(2-4-8)9(13)5-6-10(12)14/h1-4H,5-6H2. The van der Waals surface area contributed by atoms with Gasteiger partial charge in [0.2, 0.25) is 0 Å². The minimum absolute atomic E-state index is 0.0435. The van der Waals surface area contributed by atoms with Crippen LogP contribution in [0.25, 0.3) is 0 Å². The van der Waals surface area contributed by atoms with Crippen molar-refractivity contribution in [1.82, 2.24) is 0 Å². The molecule has 2 nitrogen and oxygen atoms in total. The van der Waals surface area contributed by atoms with Gasteiger partial charge in [-0.3, -0.25) is 9.59 Å². The maximum atomic E-state index is 12.5. The summed E-state index contributed by atoms with van der Waals surface area (Å²) >= 11 is 1.65. The van der Waals surface area contributed by atoms with Gasteiger partial charge < -0.3 is 0 Å². The summed E-state index contributed by atoms with van der Waals surface area (Å²) in [5.41, 5.74) is 0.448. The molecule has 0 bridgehead atoms. The van der Waals surface area contributed by atoms with Gasteiger partial charge in [0.15, 0.2) is 9.57 Å². The third-order valence-electron chi connectivity index (χ3n) is 1.71. The smallest absolute Gasteiger partial charge is 0.192 e. The average Bonchev–Trinajstić information content (AvgIpc) is 2.15. The summed E-state index contributed by atoms with van der Waals surface area (Å²) in [7, 11) is 0. The van der Waals surface area contributed by atoms with Crippen molar-refractivity contribution in [2.24, 2.45) is 0 Å². The fraction of sp³-hybridized carbons (Fsp3) is 0.200. The second kappa shape index (κ2) is 5.19. The number of carbonyl (C=O) groups is 2. The molecule has 74 valence electrons. The highest BCUT2D eigenvalue weighted by atomic mass is 127. The van der Waals surface area contributed by atoms with Gasteiger partial charge in [-0.2, -0.15) is 0 Å². The number of rotatable bonds is 4. The number of halogens is 2. The fourth-order valence-corrected chi connectivity index (χ4v) is 1.26. The second-order valence-electron chi connectivity index (χ2n) is 2.79. The molecule has 0 unspecified atom stereocenters. The van der Waals surface area contributed by atoms with Crippen LogP contribution in [0, 0.1) is 5.82 Å². The Labute approximate surface area is 94.6 Å². The van der Waals surface area contributed by atoms with Gasteiger partial charge in [-0.1, -0.05) is 0 Å². The number of Topliss-reactive ketones (excluding diaryl/α,β-unsaturated/α-hetero) is 1. The molecule has 0 radical (unpaired) electrons. The van der Waals surface area contributed by atoms with Gasteiger partial charge in [-0.05, 0) is 46.9 Å². The molecule has 0 saturated heterocycles. The Morgan fingerprint density at radius 1 is 1.14 bits per heavy atom. The Morgan fingerprint density at radius 2 is 1.71 bits per heavy atom. The second-order valence-corrected chi connectivity index (χ2v) is 3.99. The zero-order valence-electron chi connectivity index (χ0n) is 7.30. The fourth-order valence-electron chi connectivity index (χ4n) is 0.992. The molecule has 0 saturated carbocycles. The van der Waals surface area contributed by atoms with Crippen LogP contribution >= 0.6 is 22.6 Å². The summed E-state index contributed by atoms with van der Waals surface area (Å²) < 4.78 is 12.5. The molecule has 0 N–H and O–H groups in total. The van der Waals surface area contributed by atoms with Crippen LogP contribution < -0.4 is 0 Å². The number of hydrogen-bond donors (Lipinski definition) is 0.